The number of unbranched alkanes of at least 4 members (excludes halogenated alkanes) is 18. The molecule has 0 aliphatic carbocycles. The van der Waals surface area contributed by atoms with Crippen molar-refractivity contribution in [2.75, 3.05) is 40.9 Å². The van der Waals surface area contributed by atoms with Crippen LogP contribution in [0, 0.1) is 0 Å². The predicted molar refractivity (Wildman–Crippen MR) is 276 cm³/mol. The Kier molecular flexibility index (Phi) is 43.7. The van der Waals surface area contributed by atoms with Crippen LogP contribution in [0.1, 0.15) is 194 Å². The molecule has 0 bridgehead atoms. The van der Waals surface area contributed by atoms with Crippen molar-refractivity contribution in [2.24, 2.45) is 0 Å². The van der Waals surface area contributed by atoms with Crippen molar-refractivity contribution in [3.63, 3.8) is 0 Å². The SMILES string of the molecule is CC/C=C\C/C=C\C/C=C\C/C=C\C/C=C\C/C=C\C/C=C\CCCCCCCCCCCCCCCC(=O)NC(COP(=O)(O)OCC[N+](C)(C)C)C(O)/C=C/CCCCCCC. The molecule has 0 aliphatic heterocycles. The van der Waals surface area contributed by atoms with Crippen LogP contribution in [0.5, 0.6) is 0 Å². The first-order chi connectivity index (χ1) is 31.0. The minimum absolute atomic E-state index is 0.0571. The summed E-state index contributed by atoms with van der Waals surface area (Å²) in [4.78, 5) is 23.1. The third-order valence-electron chi connectivity index (χ3n) is 10.8. The Hall–Kier alpha value is -2.58. The molecule has 368 valence electrons. The number of allylic oxidation sites excluding steroid dienone is 15. The maximum atomic E-state index is 12.8. The summed E-state index contributed by atoms with van der Waals surface area (Å²) >= 11 is 0. The van der Waals surface area contributed by atoms with Crippen molar-refractivity contribution in [1.82, 2.24) is 5.32 Å². The van der Waals surface area contributed by atoms with E-state index in [-0.39, 0.29) is 19.1 Å². The number of rotatable bonds is 45. The van der Waals surface area contributed by atoms with Crippen molar-refractivity contribution in [3.8, 4) is 0 Å². The van der Waals surface area contributed by atoms with E-state index in [9.17, 15) is 19.4 Å². The largest absolute Gasteiger partial charge is 0.472 e. The van der Waals surface area contributed by atoms with Gasteiger partial charge in [0.1, 0.15) is 13.2 Å². The van der Waals surface area contributed by atoms with Gasteiger partial charge in [-0.2, -0.15) is 0 Å². The molecule has 0 saturated carbocycles. The molecule has 0 fully saturated rings. The summed E-state index contributed by atoms with van der Waals surface area (Å²) in [7, 11) is 1.56. The summed E-state index contributed by atoms with van der Waals surface area (Å²) < 4.78 is 23.5. The maximum absolute atomic E-state index is 12.8. The Balaban J connectivity index is 3.97. The Morgan fingerprint density at radius 3 is 1.38 bits per heavy atom. The molecule has 0 radical (unpaired) electrons. The van der Waals surface area contributed by atoms with Gasteiger partial charge < -0.3 is 19.8 Å². The molecule has 3 N–H and O–H groups in total. The molecule has 8 nitrogen and oxygen atoms in total. The normalized spacial score (nSPS) is 14.9. The fraction of sp³-hybridized carbons (Fsp3) is 0.691. The van der Waals surface area contributed by atoms with Crippen LogP contribution < -0.4 is 5.32 Å². The predicted octanol–water partition coefficient (Wildman–Crippen LogP) is 15.1. The van der Waals surface area contributed by atoms with Gasteiger partial charge in [-0.3, -0.25) is 13.8 Å². The van der Waals surface area contributed by atoms with E-state index in [0.29, 0.717) is 17.4 Å². The van der Waals surface area contributed by atoms with Gasteiger partial charge in [-0.15, -0.1) is 0 Å². The van der Waals surface area contributed by atoms with Gasteiger partial charge in [0.2, 0.25) is 5.91 Å². The lowest BCUT2D eigenvalue weighted by Gasteiger charge is -2.25. The number of phosphoric acid groups is 1. The van der Waals surface area contributed by atoms with Gasteiger partial charge in [0, 0.05) is 6.42 Å². The summed E-state index contributed by atoms with van der Waals surface area (Å²) in [6, 6.07) is -0.849. The summed E-state index contributed by atoms with van der Waals surface area (Å²) in [5.41, 5.74) is 0. The van der Waals surface area contributed by atoms with Crippen molar-refractivity contribution in [3.05, 3.63) is 97.2 Å². The molecule has 0 spiro atoms. The van der Waals surface area contributed by atoms with E-state index in [1.54, 1.807) is 6.08 Å². The molecule has 0 rings (SSSR count). The maximum Gasteiger partial charge on any atom is 0.472 e. The zero-order valence-corrected chi connectivity index (χ0v) is 42.6. The van der Waals surface area contributed by atoms with Gasteiger partial charge in [-0.1, -0.05) is 207 Å². The van der Waals surface area contributed by atoms with Gasteiger partial charge in [0.05, 0.1) is 39.9 Å². The number of likely N-dealkylation sites (N-methyl/N-ethyl adjacent to an activating group) is 1. The van der Waals surface area contributed by atoms with Crippen LogP contribution in [-0.2, 0) is 18.4 Å². The zero-order chi connectivity index (χ0) is 47.1. The second-order valence-electron chi connectivity index (χ2n) is 18.2. The Morgan fingerprint density at radius 2 is 0.938 bits per heavy atom. The highest BCUT2D eigenvalue weighted by Crippen LogP contribution is 2.43. The number of hydrogen-bond donors (Lipinski definition) is 3. The number of hydrogen-bond acceptors (Lipinski definition) is 5. The van der Waals surface area contributed by atoms with Crippen molar-refractivity contribution < 1.29 is 32.9 Å². The summed E-state index contributed by atoms with van der Waals surface area (Å²) in [5.74, 6) is -0.187. The zero-order valence-electron chi connectivity index (χ0n) is 41.7. The van der Waals surface area contributed by atoms with E-state index < -0.39 is 20.0 Å². The lowest BCUT2D eigenvalue weighted by atomic mass is 10.0. The van der Waals surface area contributed by atoms with E-state index in [2.05, 4.69) is 104 Å². The number of nitrogens with one attached hydrogen (secondary N) is 1. The van der Waals surface area contributed by atoms with Gasteiger partial charge >= 0.3 is 7.82 Å². The quantitative estimate of drug-likeness (QED) is 0.0243. The second-order valence-corrected chi connectivity index (χ2v) is 19.6. The van der Waals surface area contributed by atoms with Gasteiger partial charge in [-0.25, -0.2) is 4.57 Å². The second kappa shape index (κ2) is 45.6. The first-order valence-corrected chi connectivity index (χ1v) is 27.1. The van der Waals surface area contributed by atoms with Crippen molar-refractivity contribution >= 4 is 13.7 Å². The molecule has 0 aliphatic rings. The average molecular weight is 914 g/mol. The number of phosphoric ester groups is 1. The number of nitrogens with zero attached hydrogens (tertiary/aromatic N) is 1. The number of aliphatic hydroxyl groups excluding tert-OH is 1. The summed E-state index contributed by atoms with van der Waals surface area (Å²) in [6.45, 7) is 4.62. The summed E-state index contributed by atoms with van der Waals surface area (Å²) in [5, 5.41) is 13.7. The Morgan fingerprint density at radius 1 is 0.547 bits per heavy atom. The standard InChI is InChI=1S/C55H97N2O6P/c1-6-8-10-12-14-15-16-17-18-19-20-21-22-23-24-25-26-27-28-29-30-31-32-33-34-35-36-37-38-39-40-41-43-45-47-49-55(59)56-53(54(58)48-46-44-42-13-11-9-7-2)52-63-64(60,61)62-51-50-57(3,4)5/h8,10,14-15,17-18,20-21,23-24,26-27,29-30,46,48,53-54,58H,6-7,9,11-13,16,19,22,25,28,31-45,47,49-52H2,1-5H3,(H-,56,59,60,61)/p+1/b10-8-,15-14-,18-17-,21-20-,24-23-,27-26-,30-29-,48-46+. The van der Waals surface area contributed by atoms with Crippen molar-refractivity contribution in [2.45, 2.75) is 206 Å². The number of amides is 1. The molecule has 0 aromatic heterocycles. The van der Waals surface area contributed by atoms with Crippen LogP contribution in [0.2, 0.25) is 0 Å². The highest BCUT2D eigenvalue weighted by molar-refractivity contribution is 7.47. The molecular weight excluding hydrogens is 816 g/mol. The third-order valence-corrected chi connectivity index (χ3v) is 11.8. The number of aliphatic hydroxyl groups is 1. The fourth-order valence-corrected chi connectivity index (χ4v) is 7.52. The van der Waals surface area contributed by atoms with Crippen LogP contribution in [0.3, 0.4) is 0 Å². The minimum Gasteiger partial charge on any atom is -0.387 e. The van der Waals surface area contributed by atoms with E-state index in [1.807, 2.05) is 27.2 Å². The van der Waals surface area contributed by atoms with Crippen LogP contribution in [-0.4, -0.2) is 73.4 Å². The monoisotopic (exact) mass is 914 g/mol. The third kappa shape index (κ3) is 47.4. The minimum atomic E-state index is -4.33. The summed E-state index contributed by atoms with van der Waals surface area (Å²) in [6.07, 6.45) is 65.3. The van der Waals surface area contributed by atoms with Crippen LogP contribution in [0.15, 0.2) is 97.2 Å². The highest BCUT2D eigenvalue weighted by atomic mass is 31.2. The lowest BCUT2D eigenvalue weighted by Crippen LogP contribution is -2.45. The van der Waals surface area contributed by atoms with E-state index in [4.69, 9.17) is 9.05 Å². The molecular formula is C55H98N2O6P+. The van der Waals surface area contributed by atoms with Crippen LogP contribution in [0.25, 0.3) is 0 Å². The fourth-order valence-electron chi connectivity index (χ4n) is 6.78. The van der Waals surface area contributed by atoms with Crippen molar-refractivity contribution in [1.29, 1.82) is 0 Å². The van der Waals surface area contributed by atoms with E-state index in [1.165, 1.54) is 89.9 Å². The molecule has 0 saturated heterocycles. The molecule has 1 amide bonds. The number of carbonyl (C=O) groups is 1. The molecule has 3 unspecified atom stereocenters. The van der Waals surface area contributed by atoms with Crippen LogP contribution in [0.4, 0.5) is 0 Å². The lowest BCUT2D eigenvalue weighted by molar-refractivity contribution is -0.870. The van der Waals surface area contributed by atoms with E-state index >= 15 is 0 Å². The molecule has 64 heavy (non-hydrogen) atoms. The van der Waals surface area contributed by atoms with E-state index in [0.717, 1.165) is 83.5 Å². The van der Waals surface area contributed by atoms with Gasteiger partial charge in [0.25, 0.3) is 0 Å². The average Bonchev–Trinajstić information content (AvgIpc) is 3.25. The first kappa shape index (κ1) is 61.4. The Bertz CT molecular complexity index is 1360. The molecule has 9 heteroatoms. The molecule has 0 heterocycles. The molecule has 3 atom stereocenters. The van der Waals surface area contributed by atoms with Gasteiger partial charge in [-0.05, 0) is 77.0 Å². The molecule has 0 aromatic carbocycles. The topological polar surface area (TPSA) is 105 Å². The molecule has 0 aromatic rings. The Labute approximate surface area is 394 Å². The first-order valence-electron chi connectivity index (χ1n) is 25.6. The highest BCUT2D eigenvalue weighted by Gasteiger charge is 2.27. The number of quaternary nitrogens is 1. The smallest absolute Gasteiger partial charge is 0.387 e. The van der Waals surface area contributed by atoms with Crippen LogP contribution >= 0.6 is 7.82 Å². The van der Waals surface area contributed by atoms with Gasteiger partial charge in [0.15, 0.2) is 0 Å². The number of carbonyl (C=O) groups excluding carboxylic acids is 1.